The number of imidazole rings is 1. The number of carbonyl (C=O) groups is 1. The molecule has 0 aromatic carbocycles. The Morgan fingerprint density at radius 1 is 1.46 bits per heavy atom. The summed E-state index contributed by atoms with van der Waals surface area (Å²) in [4.78, 5) is 35.2. The molecule has 2 aliphatic heterocycles. The van der Waals surface area contributed by atoms with E-state index in [-0.39, 0.29) is 41.3 Å². The number of nitrogens with zero attached hydrogens (tertiary/aromatic N) is 3. The van der Waals surface area contributed by atoms with E-state index in [1.165, 1.54) is 10.9 Å². The average Bonchev–Trinajstić information content (AvgIpc) is 3.25. The van der Waals surface area contributed by atoms with Crippen LogP contribution in [0.1, 0.15) is 33.9 Å². The average molecular weight is 391 g/mol. The summed E-state index contributed by atoms with van der Waals surface area (Å²) >= 11 is 0. The predicted molar refractivity (Wildman–Crippen MR) is 95.9 cm³/mol. The number of aromatic amines is 1. The Balaban J connectivity index is 1.75. The summed E-state index contributed by atoms with van der Waals surface area (Å²) in [5.74, 6) is -0.797. The maximum Gasteiger partial charge on any atom is 0.280 e. The molecule has 28 heavy (non-hydrogen) atoms. The number of aromatic nitrogens is 4. The van der Waals surface area contributed by atoms with Crippen LogP contribution in [-0.4, -0.2) is 49.0 Å². The van der Waals surface area contributed by atoms with Gasteiger partial charge in [0, 0.05) is 19.8 Å². The van der Waals surface area contributed by atoms with E-state index >= 15 is 0 Å². The summed E-state index contributed by atoms with van der Waals surface area (Å²) in [6, 6.07) is 0. The van der Waals surface area contributed by atoms with Crippen molar-refractivity contribution in [2.45, 2.75) is 45.8 Å². The molecular weight excluding hydrogens is 370 g/mol. The van der Waals surface area contributed by atoms with Gasteiger partial charge in [0.2, 0.25) is 23.9 Å². The lowest BCUT2D eigenvalue weighted by atomic mass is 10.2. The summed E-state index contributed by atoms with van der Waals surface area (Å²) in [7, 11) is 0. The molecule has 4 rings (SSSR count). The Morgan fingerprint density at radius 2 is 2.21 bits per heavy atom. The molecule has 150 valence electrons. The van der Waals surface area contributed by atoms with Gasteiger partial charge in [0.15, 0.2) is 28.8 Å². The lowest BCUT2D eigenvalue weighted by Gasteiger charge is -2.22. The zero-order chi connectivity index (χ0) is 20.2. The first-order valence-corrected chi connectivity index (χ1v) is 8.85. The van der Waals surface area contributed by atoms with Crippen LogP contribution in [0.2, 0.25) is 0 Å². The number of fused-ring (bicyclic) bond motifs is 2. The number of aliphatic hydroxyl groups is 1. The maximum atomic E-state index is 12.4. The molecule has 3 N–H and O–H groups in total. The molecule has 2 atom stereocenters. The van der Waals surface area contributed by atoms with Gasteiger partial charge in [-0.2, -0.15) is 4.98 Å². The second kappa shape index (κ2) is 6.31. The second-order valence-electron chi connectivity index (χ2n) is 7.38. The highest BCUT2D eigenvalue weighted by atomic mass is 16.8. The number of nitrogens with one attached hydrogen (secondary N) is 2. The molecule has 11 heteroatoms. The molecule has 0 radical (unpaired) electrons. The molecule has 2 aromatic rings. The number of ether oxygens (including phenoxy) is 3. The highest BCUT2D eigenvalue weighted by Gasteiger charge is 2.51. The van der Waals surface area contributed by atoms with Crippen LogP contribution in [0.4, 0.5) is 5.95 Å². The predicted octanol–water partition coefficient (Wildman–Crippen LogP) is 0.598. The second-order valence-corrected chi connectivity index (χ2v) is 7.38. The SMILES string of the molecule is CC(C)C(=O)Nc1nc2c(ncn2[C@@H]2OC(CO)=C3OC(C)(C)OC32)c(=O)[nH]1. The Kier molecular flexibility index (Phi) is 4.16. The third-order valence-electron chi connectivity index (χ3n) is 4.44. The summed E-state index contributed by atoms with van der Waals surface area (Å²) < 4.78 is 18.9. The molecule has 1 amide bonds. The van der Waals surface area contributed by atoms with E-state index in [4.69, 9.17) is 14.2 Å². The van der Waals surface area contributed by atoms with Crippen LogP contribution in [0, 0.1) is 5.92 Å². The Morgan fingerprint density at radius 3 is 2.89 bits per heavy atom. The van der Waals surface area contributed by atoms with Crippen LogP contribution in [0.3, 0.4) is 0 Å². The van der Waals surface area contributed by atoms with Crippen molar-refractivity contribution in [1.82, 2.24) is 19.5 Å². The molecule has 1 fully saturated rings. The number of hydrogen-bond donors (Lipinski definition) is 3. The van der Waals surface area contributed by atoms with Crippen LogP contribution >= 0.6 is 0 Å². The standard InChI is InChI=1S/C17H21N5O6/c1-7(2)13(24)20-16-19-12-9(14(25)21-16)18-6-22(12)15-11-10(8(5-23)26-15)27-17(3,4)28-11/h6-7,11,15,23H,5H2,1-4H3,(H2,19,20,21,24,25)/t11?,15-/m1/s1. The van der Waals surface area contributed by atoms with Gasteiger partial charge in [-0.05, 0) is 0 Å². The molecule has 1 saturated heterocycles. The number of aliphatic hydroxyl groups excluding tert-OH is 1. The fourth-order valence-corrected chi connectivity index (χ4v) is 3.13. The van der Waals surface area contributed by atoms with Crippen molar-refractivity contribution >= 4 is 23.0 Å². The summed E-state index contributed by atoms with van der Waals surface area (Å²) in [5.41, 5.74) is -0.205. The van der Waals surface area contributed by atoms with Crippen molar-refractivity contribution in [3.8, 4) is 0 Å². The van der Waals surface area contributed by atoms with Crippen LogP contribution in [-0.2, 0) is 19.0 Å². The molecule has 0 saturated carbocycles. The minimum atomic E-state index is -0.889. The Hall–Kier alpha value is -2.92. The van der Waals surface area contributed by atoms with Gasteiger partial charge in [0.05, 0.1) is 0 Å². The van der Waals surface area contributed by atoms with Crippen molar-refractivity contribution in [1.29, 1.82) is 0 Å². The van der Waals surface area contributed by atoms with Crippen molar-refractivity contribution in [3.63, 3.8) is 0 Å². The third-order valence-corrected chi connectivity index (χ3v) is 4.44. The zero-order valence-electron chi connectivity index (χ0n) is 15.8. The largest absolute Gasteiger partial charge is 0.465 e. The van der Waals surface area contributed by atoms with Gasteiger partial charge in [-0.1, -0.05) is 13.8 Å². The number of carbonyl (C=O) groups excluding carboxylic acids is 1. The first-order chi connectivity index (χ1) is 13.2. The number of anilines is 1. The van der Waals surface area contributed by atoms with Gasteiger partial charge in [-0.15, -0.1) is 0 Å². The van der Waals surface area contributed by atoms with Gasteiger partial charge in [-0.3, -0.25) is 24.5 Å². The van der Waals surface area contributed by atoms with E-state index in [9.17, 15) is 14.7 Å². The van der Waals surface area contributed by atoms with E-state index in [0.29, 0.717) is 5.76 Å². The monoisotopic (exact) mass is 391 g/mol. The first-order valence-electron chi connectivity index (χ1n) is 8.85. The van der Waals surface area contributed by atoms with Gasteiger partial charge < -0.3 is 19.3 Å². The molecule has 2 aliphatic rings. The van der Waals surface area contributed by atoms with Gasteiger partial charge in [0.25, 0.3) is 5.56 Å². The third kappa shape index (κ3) is 2.92. The summed E-state index contributed by atoms with van der Waals surface area (Å²) in [6.07, 6.45) is -0.00525. The van der Waals surface area contributed by atoms with E-state index in [2.05, 4.69) is 20.3 Å². The fourth-order valence-electron chi connectivity index (χ4n) is 3.13. The lowest BCUT2D eigenvalue weighted by Crippen LogP contribution is -2.28. The fraction of sp³-hybridized carbons (Fsp3) is 0.529. The smallest absolute Gasteiger partial charge is 0.280 e. The van der Waals surface area contributed by atoms with E-state index < -0.39 is 23.7 Å². The van der Waals surface area contributed by atoms with Crippen LogP contribution in [0.5, 0.6) is 0 Å². The Bertz CT molecular complexity index is 1040. The van der Waals surface area contributed by atoms with E-state index in [1.54, 1.807) is 27.7 Å². The molecular formula is C17H21N5O6. The van der Waals surface area contributed by atoms with Crippen molar-refractivity contribution in [3.05, 3.63) is 28.2 Å². The summed E-state index contributed by atoms with van der Waals surface area (Å²) in [6.45, 7) is 6.59. The minimum Gasteiger partial charge on any atom is -0.465 e. The van der Waals surface area contributed by atoms with E-state index in [1.807, 2.05) is 0 Å². The number of rotatable bonds is 4. The van der Waals surface area contributed by atoms with Crippen molar-refractivity contribution in [2.75, 3.05) is 11.9 Å². The van der Waals surface area contributed by atoms with E-state index in [0.717, 1.165) is 0 Å². The molecule has 0 bridgehead atoms. The van der Waals surface area contributed by atoms with Crippen LogP contribution in [0.25, 0.3) is 11.2 Å². The first kappa shape index (κ1) is 18.4. The van der Waals surface area contributed by atoms with Crippen LogP contribution in [0.15, 0.2) is 22.6 Å². The van der Waals surface area contributed by atoms with Crippen molar-refractivity contribution in [2.24, 2.45) is 5.92 Å². The highest BCUT2D eigenvalue weighted by molar-refractivity contribution is 5.91. The molecule has 0 aliphatic carbocycles. The zero-order valence-corrected chi connectivity index (χ0v) is 15.8. The number of amides is 1. The lowest BCUT2D eigenvalue weighted by molar-refractivity contribution is -0.165. The van der Waals surface area contributed by atoms with Gasteiger partial charge >= 0.3 is 0 Å². The molecule has 1 unspecified atom stereocenters. The molecule has 4 heterocycles. The van der Waals surface area contributed by atoms with Gasteiger partial charge in [0.1, 0.15) is 12.9 Å². The van der Waals surface area contributed by atoms with Crippen molar-refractivity contribution < 1.29 is 24.1 Å². The summed E-state index contributed by atoms with van der Waals surface area (Å²) in [5, 5.41) is 12.2. The quantitative estimate of drug-likeness (QED) is 0.688. The Labute approximate surface area is 159 Å². The topological polar surface area (TPSA) is 141 Å². The minimum absolute atomic E-state index is 0.00966. The molecule has 0 spiro atoms. The number of hydrogen-bond acceptors (Lipinski definition) is 8. The molecule has 11 nitrogen and oxygen atoms in total. The normalized spacial score (nSPS) is 23.1. The highest BCUT2D eigenvalue weighted by Crippen LogP contribution is 2.45. The van der Waals surface area contributed by atoms with Gasteiger partial charge in [-0.25, -0.2) is 4.98 Å². The van der Waals surface area contributed by atoms with Crippen LogP contribution < -0.4 is 10.9 Å². The maximum absolute atomic E-state index is 12.4. The molecule has 2 aromatic heterocycles. The number of H-pyrrole nitrogens is 1.